The lowest BCUT2D eigenvalue weighted by molar-refractivity contribution is -0.113. The summed E-state index contributed by atoms with van der Waals surface area (Å²) in [6, 6.07) is 18.2. The SMILES string of the molecule is Cc1cc(NC(=O)CSc2nc3ccccc3c(=O)n2-c2cccc(Cl)c2C)ccc1Br. The van der Waals surface area contributed by atoms with Crippen molar-refractivity contribution in [1.29, 1.82) is 0 Å². The van der Waals surface area contributed by atoms with E-state index in [-0.39, 0.29) is 17.2 Å². The Balaban J connectivity index is 1.70. The summed E-state index contributed by atoms with van der Waals surface area (Å²) in [7, 11) is 0. The number of carbonyl (C=O) groups is 1. The zero-order valence-electron chi connectivity index (χ0n) is 17.4. The van der Waals surface area contributed by atoms with Crippen molar-refractivity contribution in [2.45, 2.75) is 19.0 Å². The topological polar surface area (TPSA) is 64.0 Å². The minimum Gasteiger partial charge on any atom is -0.325 e. The first-order chi connectivity index (χ1) is 15.3. The third-order valence-corrected chi connectivity index (χ3v) is 7.24. The van der Waals surface area contributed by atoms with Gasteiger partial charge in [0.05, 0.1) is 22.3 Å². The van der Waals surface area contributed by atoms with Gasteiger partial charge < -0.3 is 5.32 Å². The predicted molar refractivity (Wildman–Crippen MR) is 135 cm³/mol. The molecule has 3 aromatic carbocycles. The third-order valence-electron chi connectivity index (χ3n) is 5.00. The maximum absolute atomic E-state index is 13.4. The summed E-state index contributed by atoms with van der Waals surface area (Å²) in [5, 5.41) is 4.39. The molecule has 1 amide bonds. The number of anilines is 1. The molecule has 0 saturated heterocycles. The van der Waals surface area contributed by atoms with Crippen LogP contribution in [0.2, 0.25) is 5.02 Å². The minimum atomic E-state index is -0.201. The van der Waals surface area contributed by atoms with Crippen LogP contribution in [0, 0.1) is 13.8 Å². The predicted octanol–water partition coefficient (Wildman–Crippen LogP) is 6.15. The first-order valence-corrected chi connectivity index (χ1v) is 12.0. The van der Waals surface area contributed by atoms with Gasteiger partial charge in [-0.2, -0.15) is 0 Å². The number of hydrogen-bond acceptors (Lipinski definition) is 4. The van der Waals surface area contributed by atoms with E-state index in [1.807, 2.05) is 44.2 Å². The van der Waals surface area contributed by atoms with Gasteiger partial charge in [-0.25, -0.2) is 4.98 Å². The van der Waals surface area contributed by atoms with Crippen LogP contribution < -0.4 is 10.9 Å². The Labute approximate surface area is 203 Å². The number of aryl methyl sites for hydroxylation is 1. The van der Waals surface area contributed by atoms with E-state index in [0.717, 1.165) is 15.6 Å². The van der Waals surface area contributed by atoms with E-state index in [4.69, 9.17) is 11.6 Å². The van der Waals surface area contributed by atoms with Gasteiger partial charge in [0.25, 0.3) is 5.56 Å². The first-order valence-electron chi connectivity index (χ1n) is 9.81. The molecule has 0 radical (unpaired) electrons. The Morgan fingerprint density at radius 1 is 1.12 bits per heavy atom. The summed E-state index contributed by atoms with van der Waals surface area (Å²) in [6.45, 7) is 3.82. The maximum Gasteiger partial charge on any atom is 0.266 e. The molecule has 0 unspecified atom stereocenters. The van der Waals surface area contributed by atoms with E-state index in [1.54, 1.807) is 30.3 Å². The molecular weight excluding hydrogens is 510 g/mol. The molecule has 5 nitrogen and oxygen atoms in total. The van der Waals surface area contributed by atoms with E-state index in [0.29, 0.717) is 32.5 Å². The molecule has 0 atom stereocenters. The fraction of sp³-hybridized carbons (Fsp3) is 0.125. The zero-order valence-corrected chi connectivity index (χ0v) is 20.5. The number of carbonyl (C=O) groups excluding carboxylic acids is 1. The number of aromatic nitrogens is 2. The maximum atomic E-state index is 13.4. The van der Waals surface area contributed by atoms with Crippen molar-refractivity contribution in [3.63, 3.8) is 0 Å². The first kappa shape index (κ1) is 22.6. The Morgan fingerprint density at radius 3 is 2.69 bits per heavy atom. The van der Waals surface area contributed by atoms with Crippen LogP contribution in [-0.2, 0) is 4.79 Å². The number of thioether (sulfide) groups is 1. The van der Waals surface area contributed by atoms with Crippen molar-refractivity contribution in [3.05, 3.63) is 91.6 Å². The summed E-state index contributed by atoms with van der Waals surface area (Å²) in [5.74, 6) is -0.0898. The van der Waals surface area contributed by atoms with Crippen LogP contribution in [0.25, 0.3) is 16.6 Å². The van der Waals surface area contributed by atoms with Crippen LogP contribution in [0.3, 0.4) is 0 Å². The standard InChI is InChI=1S/C24H19BrClN3O2S/c1-14-12-16(10-11-18(14)25)27-22(30)13-32-24-28-20-8-4-3-6-17(20)23(31)29(24)21-9-5-7-19(26)15(21)2/h3-12H,13H2,1-2H3,(H,27,30). The molecule has 1 aromatic heterocycles. The molecule has 8 heteroatoms. The second kappa shape index (κ2) is 9.48. The van der Waals surface area contributed by atoms with Crippen LogP contribution >= 0.6 is 39.3 Å². The average molecular weight is 529 g/mol. The van der Waals surface area contributed by atoms with Gasteiger partial charge >= 0.3 is 0 Å². The van der Waals surface area contributed by atoms with E-state index >= 15 is 0 Å². The van der Waals surface area contributed by atoms with Gasteiger partial charge in [0.2, 0.25) is 5.91 Å². The molecule has 0 saturated carbocycles. The molecule has 0 fully saturated rings. The number of amides is 1. The van der Waals surface area contributed by atoms with Gasteiger partial charge in [-0.3, -0.25) is 14.2 Å². The minimum absolute atomic E-state index is 0.0967. The van der Waals surface area contributed by atoms with Crippen LogP contribution in [0.1, 0.15) is 11.1 Å². The average Bonchev–Trinajstić information content (AvgIpc) is 2.77. The molecule has 0 aliphatic rings. The highest BCUT2D eigenvalue weighted by molar-refractivity contribution is 9.10. The highest BCUT2D eigenvalue weighted by atomic mass is 79.9. The van der Waals surface area contributed by atoms with Gasteiger partial charge in [0, 0.05) is 15.2 Å². The largest absolute Gasteiger partial charge is 0.325 e. The molecule has 0 aliphatic heterocycles. The Bertz CT molecular complexity index is 1400. The molecule has 4 rings (SSSR count). The smallest absolute Gasteiger partial charge is 0.266 e. The van der Waals surface area contributed by atoms with E-state index < -0.39 is 0 Å². The van der Waals surface area contributed by atoms with Crippen molar-refractivity contribution in [2.24, 2.45) is 0 Å². The van der Waals surface area contributed by atoms with E-state index in [9.17, 15) is 9.59 Å². The quantitative estimate of drug-likeness (QED) is 0.249. The molecule has 4 aromatic rings. The van der Waals surface area contributed by atoms with Crippen molar-refractivity contribution >= 4 is 61.8 Å². The van der Waals surface area contributed by atoms with Gasteiger partial charge in [-0.15, -0.1) is 0 Å². The molecule has 1 N–H and O–H groups in total. The Kier molecular flexibility index (Phi) is 6.69. The number of hydrogen-bond donors (Lipinski definition) is 1. The summed E-state index contributed by atoms with van der Waals surface area (Å²) >= 11 is 11.0. The molecule has 32 heavy (non-hydrogen) atoms. The Hall–Kier alpha value is -2.61. The number of nitrogens with one attached hydrogen (secondary N) is 1. The van der Waals surface area contributed by atoms with E-state index in [2.05, 4.69) is 26.2 Å². The van der Waals surface area contributed by atoms with Crippen molar-refractivity contribution < 1.29 is 4.79 Å². The highest BCUT2D eigenvalue weighted by Gasteiger charge is 2.17. The van der Waals surface area contributed by atoms with E-state index in [1.165, 1.54) is 16.3 Å². The molecule has 0 spiro atoms. The summed E-state index contributed by atoms with van der Waals surface area (Å²) in [5.41, 5.74) is 3.53. The van der Waals surface area contributed by atoms with Crippen LogP contribution in [0.15, 0.2) is 75.1 Å². The number of para-hydroxylation sites is 1. The van der Waals surface area contributed by atoms with Crippen LogP contribution in [0.4, 0.5) is 5.69 Å². The normalized spacial score (nSPS) is 11.0. The van der Waals surface area contributed by atoms with Gasteiger partial charge in [-0.1, -0.05) is 57.5 Å². The number of nitrogens with zero attached hydrogens (tertiary/aromatic N) is 2. The summed E-state index contributed by atoms with van der Waals surface area (Å²) < 4.78 is 2.51. The molecule has 0 bridgehead atoms. The third kappa shape index (κ3) is 4.60. The highest BCUT2D eigenvalue weighted by Crippen LogP contribution is 2.27. The number of halogens is 2. The summed E-state index contributed by atoms with van der Waals surface area (Å²) in [4.78, 5) is 30.7. The lowest BCUT2D eigenvalue weighted by Crippen LogP contribution is -2.23. The molecule has 0 aliphatic carbocycles. The summed E-state index contributed by atoms with van der Waals surface area (Å²) in [6.07, 6.45) is 0. The number of fused-ring (bicyclic) bond motifs is 1. The zero-order chi connectivity index (χ0) is 22.8. The lowest BCUT2D eigenvalue weighted by atomic mass is 10.2. The van der Waals surface area contributed by atoms with Crippen molar-refractivity contribution in [2.75, 3.05) is 11.1 Å². The van der Waals surface area contributed by atoms with Gasteiger partial charge in [0.1, 0.15) is 0 Å². The molecule has 1 heterocycles. The fourth-order valence-corrected chi connectivity index (χ4v) is 4.53. The van der Waals surface area contributed by atoms with Gasteiger partial charge in [-0.05, 0) is 67.4 Å². The molecular formula is C24H19BrClN3O2S. The Morgan fingerprint density at radius 2 is 1.91 bits per heavy atom. The lowest BCUT2D eigenvalue weighted by Gasteiger charge is -2.16. The number of benzene rings is 3. The fourth-order valence-electron chi connectivity index (χ4n) is 3.31. The van der Waals surface area contributed by atoms with Crippen molar-refractivity contribution in [1.82, 2.24) is 9.55 Å². The van der Waals surface area contributed by atoms with Crippen LogP contribution in [0.5, 0.6) is 0 Å². The van der Waals surface area contributed by atoms with Gasteiger partial charge in [0.15, 0.2) is 5.16 Å². The monoisotopic (exact) mass is 527 g/mol. The van der Waals surface area contributed by atoms with Crippen molar-refractivity contribution in [3.8, 4) is 5.69 Å². The molecule has 162 valence electrons. The van der Waals surface area contributed by atoms with Crippen LogP contribution in [-0.4, -0.2) is 21.2 Å². The second-order valence-electron chi connectivity index (χ2n) is 7.24. The number of rotatable bonds is 5. The second-order valence-corrected chi connectivity index (χ2v) is 9.44.